The molecule has 2 heterocycles. The zero-order chi connectivity index (χ0) is 26.7. The van der Waals surface area contributed by atoms with Gasteiger partial charge in [0.2, 0.25) is 0 Å². The molecule has 1 unspecified atom stereocenters. The van der Waals surface area contributed by atoms with Crippen molar-refractivity contribution in [2.24, 2.45) is 0 Å². The van der Waals surface area contributed by atoms with Gasteiger partial charge in [-0.25, -0.2) is 9.18 Å². The summed E-state index contributed by atoms with van der Waals surface area (Å²) in [6, 6.07) is 9.81. The number of rotatable bonds is 9. The normalized spacial score (nSPS) is 16.0. The maximum absolute atomic E-state index is 15.1. The van der Waals surface area contributed by atoms with Crippen LogP contribution in [0.3, 0.4) is 0 Å². The third-order valence-corrected chi connectivity index (χ3v) is 7.34. The number of halogens is 2. The zero-order valence-electron chi connectivity index (χ0n) is 21.6. The van der Waals surface area contributed by atoms with Crippen LogP contribution in [0.5, 0.6) is 0 Å². The molecule has 8 nitrogen and oxygen atoms in total. The van der Waals surface area contributed by atoms with Crippen molar-refractivity contribution in [3.8, 4) is 0 Å². The van der Waals surface area contributed by atoms with Gasteiger partial charge in [0.1, 0.15) is 5.82 Å². The van der Waals surface area contributed by atoms with Crippen molar-refractivity contribution in [1.29, 1.82) is 0 Å². The molecule has 1 amide bonds. The van der Waals surface area contributed by atoms with Gasteiger partial charge in [-0.2, -0.15) is 0 Å². The lowest BCUT2D eigenvalue weighted by Gasteiger charge is -2.33. The molecular weight excluding hydrogens is 497 g/mol. The van der Waals surface area contributed by atoms with Crippen molar-refractivity contribution in [2.75, 3.05) is 53.9 Å². The van der Waals surface area contributed by atoms with E-state index in [4.69, 9.17) is 11.6 Å². The van der Waals surface area contributed by atoms with Crippen molar-refractivity contribution in [3.63, 3.8) is 0 Å². The molecule has 0 aliphatic carbocycles. The molecule has 0 spiro atoms. The van der Waals surface area contributed by atoms with E-state index < -0.39 is 17.8 Å². The largest absolute Gasteiger partial charge is 0.387 e. The van der Waals surface area contributed by atoms with Gasteiger partial charge in [-0.1, -0.05) is 23.7 Å². The van der Waals surface area contributed by atoms with Crippen LogP contribution in [-0.2, 0) is 0 Å². The number of carbonyl (C=O) groups excluding carboxylic acids is 1. The number of carbonyl (C=O) groups is 1. The molecule has 37 heavy (non-hydrogen) atoms. The molecule has 1 saturated heterocycles. The predicted octanol–water partition coefficient (Wildman–Crippen LogP) is 3.52. The zero-order valence-corrected chi connectivity index (χ0v) is 22.3. The molecule has 2 aromatic carbocycles. The van der Waals surface area contributed by atoms with E-state index in [1.165, 1.54) is 17.0 Å². The van der Waals surface area contributed by atoms with E-state index in [1.807, 2.05) is 31.1 Å². The quantitative estimate of drug-likeness (QED) is 0.441. The SMILES string of the molecule is CN(C)CCCN(C)C(=O)c1cc2[nH]c(=O)n(C3CCN(CC(O)c4ccc(Cl)cc4)CC3)c2cc1F. The molecule has 0 saturated carbocycles. The molecule has 1 fully saturated rings. The Hall–Kier alpha value is -2.72. The summed E-state index contributed by atoms with van der Waals surface area (Å²) in [4.78, 5) is 34.2. The van der Waals surface area contributed by atoms with E-state index >= 15 is 4.39 Å². The number of H-pyrrole nitrogens is 1. The van der Waals surface area contributed by atoms with Crippen LogP contribution in [0, 0.1) is 5.82 Å². The van der Waals surface area contributed by atoms with Gasteiger partial charge in [-0.3, -0.25) is 9.36 Å². The summed E-state index contributed by atoms with van der Waals surface area (Å²) in [5.41, 5.74) is 1.38. The number of likely N-dealkylation sites (tertiary alicyclic amines) is 1. The first-order valence-electron chi connectivity index (χ1n) is 12.6. The summed E-state index contributed by atoms with van der Waals surface area (Å²) in [7, 11) is 5.59. The fourth-order valence-corrected chi connectivity index (χ4v) is 5.13. The number of amides is 1. The number of aliphatic hydroxyl groups excluding tert-OH is 1. The second-order valence-corrected chi connectivity index (χ2v) is 10.6. The number of hydrogen-bond acceptors (Lipinski definition) is 5. The number of fused-ring (bicyclic) bond motifs is 1. The van der Waals surface area contributed by atoms with Crippen LogP contribution in [-0.4, -0.2) is 89.1 Å². The highest BCUT2D eigenvalue weighted by atomic mass is 35.5. The monoisotopic (exact) mass is 531 g/mol. The van der Waals surface area contributed by atoms with E-state index in [0.29, 0.717) is 55.1 Å². The van der Waals surface area contributed by atoms with E-state index in [-0.39, 0.29) is 17.3 Å². The molecule has 1 atom stereocenters. The maximum atomic E-state index is 15.1. The Morgan fingerprint density at radius 3 is 2.49 bits per heavy atom. The average Bonchev–Trinajstić information content (AvgIpc) is 3.18. The Bertz CT molecular complexity index is 1280. The molecule has 0 bridgehead atoms. The van der Waals surface area contributed by atoms with Crippen LogP contribution in [0.4, 0.5) is 4.39 Å². The first-order valence-corrected chi connectivity index (χ1v) is 13.0. The van der Waals surface area contributed by atoms with E-state index in [2.05, 4.69) is 9.88 Å². The Morgan fingerprint density at radius 2 is 1.84 bits per heavy atom. The van der Waals surface area contributed by atoms with Gasteiger partial charge in [-0.15, -0.1) is 0 Å². The Balaban J connectivity index is 1.43. The highest BCUT2D eigenvalue weighted by molar-refractivity contribution is 6.30. The Kier molecular flexibility index (Phi) is 8.69. The number of aliphatic hydroxyl groups is 1. The molecule has 3 aromatic rings. The number of aromatic amines is 1. The van der Waals surface area contributed by atoms with Crippen LogP contribution < -0.4 is 5.69 Å². The second kappa shape index (κ2) is 11.8. The highest BCUT2D eigenvalue weighted by Crippen LogP contribution is 2.28. The Morgan fingerprint density at radius 1 is 1.16 bits per heavy atom. The minimum atomic E-state index is -0.631. The number of imidazole rings is 1. The van der Waals surface area contributed by atoms with Gasteiger partial charge >= 0.3 is 5.69 Å². The first kappa shape index (κ1) is 27.3. The topological polar surface area (TPSA) is 84.8 Å². The number of nitrogens with zero attached hydrogens (tertiary/aromatic N) is 4. The molecule has 1 aromatic heterocycles. The van der Waals surface area contributed by atoms with Gasteiger partial charge < -0.3 is 24.8 Å². The summed E-state index contributed by atoms with van der Waals surface area (Å²) in [6.45, 7) is 3.22. The molecule has 4 rings (SSSR count). The summed E-state index contributed by atoms with van der Waals surface area (Å²) >= 11 is 5.94. The maximum Gasteiger partial charge on any atom is 0.326 e. The van der Waals surface area contributed by atoms with Crippen molar-refractivity contribution in [1.82, 2.24) is 24.3 Å². The van der Waals surface area contributed by atoms with Crippen LogP contribution >= 0.6 is 11.6 Å². The number of hydrogen-bond donors (Lipinski definition) is 2. The summed E-state index contributed by atoms with van der Waals surface area (Å²) < 4.78 is 16.7. The summed E-state index contributed by atoms with van der Waals surface area (Å²) in [6.07, 6.45) is 1.53. The molecule has 0 radical (unpaired) electrons. The molecular formula is C27H35ClFN5O3. The fourth-order valence-electron chi connectivity index (χ4n) is 5.00. The van der Waals surface area contributed by atoms with Crippen molar-refractivity contribution < 1.29 is 14.3 Å². The standard InChI is InChI=1S/C27H35ClFN5O3/c1-31(2)11-4-12-32(3)26(36)21-15-23-24(16-22(21)29)34(27(37)30-23)20-9-13-33(14-10-20)17-25(35)18-5-7-19(28)8-6-18/h5-8,15-16,20,25,35H,4,9-14,17H2,1-3H3,(H,30,37). The highest BCUT2D eigenvalue weighted by Gasteiger charge is 2.26. The Labute approximate surface area is 221 Å². The lowest BCUT2D eigenvalue weighted by atomic mass is 10.0. The lowest BCUT2D eigenvalue weighted by Crippen LogP contribution is -2.39. The molecule has 200 valence electrons. The van der Waals surface area contributed by atoms with Crippen LogP contribution in [0.2, 0.25) is 5.02 Å². The number of aromatic nitrogens is 2. The third kappa shape index (κ3) is 6.41. The predicted molar refractivity (Wildman–Crippen MR) is 144 cm³/mol. The van der Waals surface area contributed by atoms with E-state index in [1.54, 1.807) is 23.7 Å². The second-order valence-electron chi connectivity index (χ2n) is 10.1. The van der Waals surface area contributed by atoms with Gasteiger partial charge in [0.15, 0.2) is 0 Å². The van der Waals surface area contributed by atoms with Gasteiger partial charge in [0, 0.05) is 50.4 Å². The molecule has 10 heteroatoms. The van der Waals surface area contributed by atoms with E-state index in [9.17, 15) is 14.7 Å². The summed E-state index contributed by atoms with van der Waals surface area (Å²) in [5, 5.41) is 11.2. The van der Waals surface area contributed by atoms with Crippen LogP contribution in [0.1, 0.15) is 47.3 Å². The number of benzene rings is 2. The fraction of sp³-hybridized carbons (Fsp3) is 0.481. The van der Waals surface area contributed by atoms with Gasteiger partial charge in [0.05, 0.1) is 22.7 Å². The molecule has 1 aliphatic rings. The van der Waals surface area contributed by atoms with Gasteiger partial charge in [0.25, 0.3) is 5.91 Å². The van der Waals surface area contributed by atoms with Crippen molar-refractivity contribution in [3.05, 3.63) is 68.8 Å². The van der Waals surface area contributed by atoms with Crippen LogP contribution in [0.25, 0.3) is 11.0 Å². The van der Waals surface area contributed by atoms with Gasteiger partial charge in [-0.05, 0) is 63.7 Å². The molecule has 1 aliphatic heterocycles. The van der Waals surface area contributed by atoms with Crippen molar-refractivity contribution in [2.45, 2.75) is 31.4 Å². The first-order chi connectivity index (χ1) is 17.6. The van der Waals surface area contributed by atoms with E-state index in [0.717, 1.165) is 18.5 Å². The lowest BCUT2D eigenvalue weighted by molar-refractivity contribution is 0.0786. The summed E-state index contributed by atoms with van der Waals surface area (Å²) in [5.74, 6) is -1.03. The number of β-amino-alcohol motifs (C(OH)–C–C–N with tert-alkyl or cyclic N) is 1. The average molecular weight is 532 g/mol. The van der Waals surface area contributed by atoms with Crippen LogP contribution in [0.15, 0.2) is 41.2 Å². The minimum Gasteiger partial charge on any atom is -0.387 e. The third-order valence-electron chi connectivity index (χ3n) is 7.09. The number of nitrogens with one attached hydrogen (secondary N) is 1. The van der Waals surface area contributed by atoms with Crippen molar-refractivity contribution >= 4 is 28.5 Å². The smallest absolute Gasteiger partial charge is 0.326 e. The minimum absolute atomic E-state index is 0.0424. The molecule has 2 N–H and O–H groups in total. The number of piperidine rings is 1.